The summed E-state index contributed by atoms with van der Waals surface area (Å²) in [6.45, 7) is 0.848. The molecule has 2 unspecified atom stereocenters. The van der Waals surface area contributed by atoms with Crippen molar-refractivity contribution in [3.8, 4) is 0 Å². The van der Waals surface area contributed by atoms with Crippen LogP contribution in [0, 0.1) is 0 Å². The van der Waals surface area contributed by atoms with Gasteiger partial charge in [-0.3, -0.25) is 0 Å². The van der Waals surface area contributed by atoms with Crippen molar-refractivity contribution in [3.05, 3.63) is 69.2 Å². The van der Waals surface area contributed by atoms with Crippen LogP contribution in [0.1, 0.15) is 54.8 Å². The minimum atomic E-state index is -0.359. The molecule has 2 aromatic carbocycles. The summed E-state index contributed by atoms with van der Waals surface area (Å²) in [6.07, 6.45) is 6.40. The molecule has 0 aromatic heterocycles. The van der Waals surface area contributed by atoms with Gasteiger partial charge in [0.1, 0.15) is 0 Å². The van der Waals surface area contributed by atoms with Crippen LogP contribution in [0.15, 0.2) is 42.5 Å². The molecule has 0 bridgehead atoms. The van der Waals surface area contributed by atoms with E-state index in [-0.39, 0.29) is 17.6 Å². The molecule has 2 atom stereocenters. The Hall–Kier alpha value is -1.06. The third-order valence-corrected chi connectivity index (χ3v) is 6.95. The zero-order chi connectivity index (χ0) is 18.1. The maximum Gasteiger partial charge on any atom is 0.0775 e. The van der Waals surface area contributed by atoms with Gasteiger partial charge in [-0.25, -0.2) is 0 Å². The van der Waals surface area contributed by atoms with E-state index >= 15 is 0 Å². The molecule has 0 amide bonds. The summed E-state index contributed by atoms with van der Waals surface area (Å²) in [4.78, 5) is 0. The predicted molar refractivity (Wildman–Crippen MR) is 108 cm³/mol. The van der Waals surface area contributed by atoms with Crippen LogP contribution in [-0.2, 0) is 11.8 Å². The molecule has 0 aliphatic heterocycles. The van der Waals surface area contributed by atoms with Crippen molar-refractivity contribution < 1.29 is 5.11 Å². The normalized spacial score (nSPS) is 24.4. The van der Waals surface area contributed by atoms with Gasteiger partial charge < -0.3 is 10.4 Å². The predicted octanol–water partition coefficient (Wildman–Crippen LogP) is 5.44. The van der Waals surface area contributed by atoms with Crippen molar-refractivity contribution in [2.75, 3.05) is 6.54 Å². The van der Waals surface area contributed by atoms with Gasteiger partial charge in [-0.2, -0.15) is 0 Å². The minimum absolute atomic E-state index is 0.00720. The number of fused-ring (bicyclic) bond motifs is 1. The number of aliphatic hydroxyl groups excluding tert-OH is 1. The van der Waals surface area contributed by atoms with E-state index in [4.69, 9.17) is 23.2 Å². The maximum absolute atomic E-state index is 10.6. The van der Waals surface area contributed by atoms with Gasteiger partial charge in [0.05, 0.1) is 22.2 Å². The highest BCUT2D eigenvalue weighted by molar-refractivity contribution is 6.42. The molecule has 2 nitrogen and oxygen atoms in total. The van der Waals surface area contributed by atoms with Crippen molar-refractivity contribution >= 4 is 23.2 Å². The second-order valence-corrected chi connectivity index (χ2v) is 8.61. The Kier molecular flexibility index (Phi) is 5.29. The average Bonchev–Trinajstić information content (AvgIpc) is 2.98. The molecule has 4 heteroatoms. The standard InChI is InChI=1S/C22H25Cl2NO/c23-18-9-8-16(13-19(18)24)22(10-4-1-5-11-22)14-25-21-17-7-3-2-6-15(17)12-20(21)26/h2-3,6-9,13,20-21,25-26H,1,4-5,10-12,14H2. The zero-order valence-electron chi connectivity index (χ0n) is 14.8. The number of rotatable bonds is 4. The fourth-order valence-corrected chi connectivity index (χ4v) is 5.05. The van der Waals surface area contributed by atoms with E-state index in [1.165, 1.54) is 36.0 Å². The number of aliphatic hydroxyl groups is 1. The summed E-state index contributed by atoms with van der Waals surface area (Å²) in [5.74, 6) is 0. The van der Waals surface area contributed by atoms with Crippen LogP contribution >= 0.6 is 23.2 Å². The number of nitrogens with one attached hydrogen (secondary N) is 1. The highest BCUT2D eigenvalue weighted by Crippen LogP contribution is 2.42. The molecule has 0 radical (unpaired) electrons. The highest BCUT2D eigenvalue weighted by atomic mass is 35.5. The van der Waals surface area contributed by atoms with Gasteiger partial charge in [-0.1, -0.05) is 72.8 Å². The number of benzene rings is 2. The van der Waals surface area contributed by atoms with Crippen molar-refractivity contribution in [1.29, 1.82) is 0 Å². The smallest absolute Gasteiger partial charge is 0.0775 e. The lowest BCUT2D eigenvalue weighted by Crippen LogP contribution is -2.43. The van der Waals surface area contributed by atoms with Gasteiger partial charge in [-0.05, 0) is 41.7 Å². The summed E-state index contributed by atoms with van der Waals surface area (Å²) in [5, 5.41) is 15.5. The van der Waals surface area contributed by atoms with Crippen LogP contribution in [0.5, 0.6) is 0 Å². The first kappa shape index (κ1) is 18.3. The molecule has 2 aromatic rings. The summed E-state index contributed by atoms with van der Waals surface area (Å²) in [5.41, 5.74) is 3.81. The van der Waals surface area contributed by atoms with E-state index in [0.717, 1.165) is 25.8 Å². The van der Waals surface area contributed by atoms with E-state index in [9.17, 15) is 5.11 Å². The molecular weight excluding hydrogens is 365 g/mol. The van der Waals surface area contributed by atoms with Gasteiger partial charge in [0.2, 0.25) is 0 Å². The van der Waals surface area contributed by atoms with E-state index < -0.39 is 0 Å². The molecule has 1 fully saturated rings. The molecule has 0 saturated heterocycles. The van der Waals surface area contributed by atoms with E-state index in [0.29, 0.717) is 10.0 Å². The number of halogens is 2. The van der Waals surface area contributed by atoms with Crippen molar-refractivity contribution in [3.63, 3.8) is 0 Å². The second-order valence-electron chi connectivity index (χ2n) is 7.80. The van der Waals surface area contributed by atoms with Crippen LogP contribution < -0.4 is 5.32 Å². The Bertz CT molecular complexity index is 785. The lowest BCUT2D eigenvalue weighted by Gasteiger charge is -2.39. The fraction of sp³-hybridized carbons (Fsp3) is 0.455. The fourth-order valence-electron chi connectivity index (χ4n) is 4.75. The minimum Gasteiger partial charge on any atom is -0.391 e. The largest absolute Gasteiger partial charge is 0.391 e. The van der Waals surface area contributed by atoms with Gasteiger partial charge in [0.25, 0.3) is 0 Å². The molecule has 0 spiro atoms. The monoisotopic (exact) mass is 389 g/mol. The summed E-state index contributed by atoms with van der Waals surface area (Å²) in [6, 6.07) is 14.4. The molecule has 0 heterocycles. The second kappa shape index (κ2) is 7.52. The molecule has 4 rings (SSSR count). The zero-order valence-corrected chi connectivity index (χ0v) is 16.4. The van der Waals surface area contributed by atoms with Gasteiger partial charge in [0.15, 0.2) is 0 Å². The topological polar surface area (TPSA) is 32.3 Å². The Labute approximate surface area is 165 Å². The Morgan fingerprint density at radius 2 is 1.77 bits per heavy atom. The average molecular weight is 390 g/mol. The van der Waals surface area contributed by atoms with Gasteiger partial charge >= 0.3 is 0 Å². The Morgan fingerprint density at radius 3 is 2.54 bits per heavy atom. The van der Waals surface area contributed by atoms with Crippen LogP contribution in [0.25, 0.3) is 0 Å². The third kappa shape index (κ3) is 3.41. The van der Waals surface area contributed by atoms with E-state index in [2.05, 4.69) is 29.6 Å². The molecule has 2 aliphatic carbocycles. The maximum atomic E-state index is 10.6. The van der Waals surface area contributed by atoms with Crippen molar-refractivity contribution in [2.45, 2.75) is 56.1 Å². The van der Waals surface area contributed by atoms with Gasteiger partial charge in [0, 0.05) is 18.4 Å². The highest BCUT2D eigenvalue weighted by Gasteiger charge is 2.37. The Morgan fingerprint density at radius 1 is 1.00 bits per heavy atom. The van der Waals surface area contributed by atoms with Crippen LogP contribution in [0.2, 0.25) is 10.0 Å². The lowest BCUT2D eigenvalue weighted by molar-refractivity contribution is 0.133. The first-order valence-electron chi connectivity index (χ1n) is 9.54. The quantitative estimate of drug-likeness (QED) is 0.728. The molecule has 138 valence electrons. The van der Waals surface area contributed by atoms with Gasteiger partial charge in [-0.15, -0.1) is 0 Å². The Balaban J connectivity index is 1.59. The third-order valence-electron chi connectivity index (χ3n) is 6.21. The van der Waals surface area contributed by atoms with Crippen LogP contribution in [-0.4, -0.2) is 17.8 Å². The molecule has 1 saturated carbocycles. The molecular formula is C22H25Cl2NO. The first-order chi connectivity index (χ1) is 12.6. The number of hydrogen-bond acceptors (Lipinski definition) is 2. The van der Waals surface area contributed by atoms with Crippen molar-refractivity contribution in [1.82, 2.24) is 5.32 Å². The lowest BCUT2D eigenvalue weighted by atomic mass is 9.69. The number of hydrogen-bond donors (Lipinski definition) is 2. The summed E-state index contributed by atoms with van der Waals surface area (Å²) < 4.78 is 0. The molecule has 2 N–H and O–H groups in total. The van der Waals surface area contributed by atoms with Crippen LogP contribution in [0.3, 0.4) is 0 Å². The van der Waals surface area contributed by atoms with Crippen LogP contribution in [0.4, 0.5) is 0 Å². The summed E-state index contributed by atoms with van der Waals surface area (Å²) >= 11 is 12.5. The molecule has 26 heavy (non-hydrogen) atoms. The van der Waals surface area contributed by atoms with E-state index in [1.807, 2.05) is 18.2 Å². The van der Waals surface area contributed by atoms with Crippen molar-refractivity contribution in [2.24, 2.45) is 0 Å². The summed E-state index contributed by atoms with van der Waals surface area (Å²) in [7, 11) is 0. The van der Waals surface area contributed by atoms with E-state index in [1.54, 1.807) is 0 Å². The molecule has 2 aliphatic rings. The first-order valence-corrected chi connectivity index (χ1v) is 10.3. The SMILES string of the molecule is OC1Cc2ccccc2C1NCC1(c2ccc(Cl)c(Cl)c2)CCCCC1.